The van der Waals surface area contributed by atoms with Crippen molar-refractivity contribution >= 4 is 43.9 Å². The highest BCUT2D eigenvalue weighted by atomic mass is 79.9. The van der Waals surface area contributed by atoms with E-state index in [1.165, 1.54) is 6.07 Å². The molecule has 1 aliphatic heterocycles. The summed E-state index contributed by atoms with van der Waals surface area (Å²) in [7, 11) is 0. The van der Waals surface area contributed by atoms with Crippen LogP contribution in [0.3, 0.4) is 0 Å². The first-order valence-corrected chi connectivity index (χ1v) is 6.89. The second-order valence-corrected chi connectivity index (χ2v) is 5.87. The first-order valence-electron chi connectivity index (χ1n) is 5.30. The van der Waals surface area contributed by atoms with Crippen LogP contribution in [0.4, 0.5) is 13.2 Å². The molecule has 0 aromatic heterocycles. The number of fused-ring (bicyclic) bond motifs is 1. The van der Waals surface area contributed by atoms with Gasteiger partial charge in [-0.2, -0.15) is 8.78 Å². The summed E-state index contributed by atoms with van der Waals surface area (Å²) in [5.41, 5.74) is -0.375. The van der Waals surface area contributed by atoms with Crippen LogP contribution < -0.4 is 4.74 Å². The highest BCUT2D eigenvalue weighted by Gasteiger charge is 2.48. The molecule has 0 fully saturated rings. The Morgan fingerprint density at radius 2 is 2.05 bits per heavy atom. The van der Waals surface area contributed by atoms with E-state index in [-0.39, 0.29) is 5.75 Å². The third kappa shape index (κ3) is 2.71. The Kier molecular flexibility index (Phi) is 4.15. The van der Waals surface area contributed by atoms with E-state index in [9.17, 15) is 18.0 Å². The largest absolute Gasteiger partial charge is 0.478 e. The van der Waals surface area contributed by atoms with Crippen LogP contribution in [-0.4, -0.2) is 29.8 Å². The van der Waals surface area contributed by atoms with Crippen LogP contribution in [0.2, 0.25) is 0 Å². The van der Waals surface area contributed by atoms with Gasteiger partial charge in [0.25, 0.3) is 0 Å². The molecule has 0 saturated heterocycles. The van der Waals surface area contributed by atoms with Crippen molar-refractivity contribution in [3.63, 3.8) is 0 Å². The van der Waals surface area contributed by atoms with Gasteiger partial charge in [-0.25, -0.2) is 9.18 Å². The minimum atomic E-state index is -3.92. The first-order chi connectivity index (χ1) is 9.26. The molecule has 0 bridgehead atoms. The molecule has 1 aliphatic rings. The molecule has 1 aromatic rings. The van der Waals surface area contributed by atoms with Crippen molar-refractivity contribution in [2.75, 3.05) is 6.67 Å². The zero-order valence-corrected chi connectivity index (χ0v) is 12.8. The van der Waals surface area contributed by atoms with Gasteiger partial charge in [0.15, 0.2) is 12.8 Å². The normalized spacial score (nSPS) is 18.1. The SMILES string of the molecule is O=C(O)C1=Cc2cc(Br)cc(Br)c2OC1C(F)(F)CF. The predicted octanol–water partition coefficient (Wildman–Crippen LogP) is 4.05. The van der Waals surface area contributed by atoms with Crippen molar-refractivity contribution in [1.29, 1.82) is 0 Å². The second kappa shape index (κ2) is 5.40. The molecule has 2 rings (SSSR count). The lowest BCUT2D eigenvalue weighted by Gasteiger charge is -2.30. The smallest absolute Gasteiger partial charge is 0.335 e. The van der Waals surface area contributed by atoms with Gasteiger partial charge in [-0.05, 0) is 34.1 Å². The van der Waals surface area contributed by atoms with Gasteiger partial charge < -0.3 is 9.84 Å². The van der Waals surface area contributed by atoms with Gasteiger partial charge in [-0.3, -0.25) is 0 Å². The standard InChI is InChI=1S/C12H7Br2F3O3/c13-6-1-5-2-7(11(18)19)10(12(16,17)4-15)20-9(5)8(14)3-6/h1-3,10H,4H2,(H,18,19). The van der Waals surface area contributed by atoms with Crippen molar-refractivity contribution in [2.24, 2.45) is 0 Å². The third-order valence-electron chi connectivity index (χ3n) is 2.67. The van der Waals surface area contributed by atoms with Crippen molar-refractivity contribution in [3.05, 3.63) is 32.2 Å². The quantitative estimate of drug-likeness (QED) is 0.810. The number of carboxylic acids is 1. The Hall–Kier alpha value is -1.02. The van der Waals surface area contributed by atoms with E-state index in [0.717, 1.165) is 6.08 Å². The van der Waals surface area contributed by atoms with Gasteiger partial charge in [0.05, 0.1) is 10.0 Å². The van der Waals surface area contributed by atoms with Crippen LogP contribution in [0.1, 0.15) is 5.56 Å². The lowest BCUT2D eigenvalue weighted by molar-refractivity contribution is -0.139. The summed E-state index contributed by atoms with van der Waals surface area (Å²) in [5.74, 6) is -5.45. The lowest BCUT2D eigenvalue weighted by Crippen LogP contribution is -2.44. The molecule has 1 aromatic carbocycles. The van der Waals surface area contributed by atoms with Gasteiger partial charge in [0.2, 0.25) is 0 Å². The summed E-state index contributed by atoms with van der Waals surface area (Å²) >= 11 is 6.33. The number of carbonyl (C=O) groups is 1. The molecule has 3 nitrogen and oxygen atoms in total. The van der Waals surface area contributed by atoms with Crippen molar-refractivity contribution < 1.29 is 27.8 Å². The Morgan fingerprint density at radius 1 is 1.40 bits per heavy atom. The van der Waals surface area contributed by atoms with Crippen LogP contribution in [0, 0.1) is 0 Å². The molecule has 1 unspecified atom stereocenters. The predicted molar refractivity (Wildman–Crippen MR) is 72.8 cm³/mol. The van der Waals surface area contributed by atoms with Gasteiger partial charge in [0.1, 0.15) is 5.75 Å². The number of ether oxygens (including phenoxy) is 1. The number of carboxylic acid groups (broad SMARTS) is 1. The summed E-state index contributed by atoms with van der Waals surface area (Å²) in [6, 6.07) is 3.08. The zero-order chi connectivity index (χ0) is 15.1. The maximum atomic E-state index is 13.5. The zero-order valence-electron chi connectivity index (χ0n) is 9.67. The molecule has 0 amide bonds. The van der Waals surface area contributed by atoms with Crippen molar-refractivity contribution in [2.45, 2.75) is 12.0 Å². The molecule has 8 heteroatoms. The van der Waals surface area contributed by atoms with E-state index in [2.05, 4.69) is 31.9 Å². The number of halogens is 5. The molecule has 1 N–H and O–H groups in total. The summed E-state index contributed by atoms with van der Waals surface area (Å²) in [6.45, 7) is -2.01. The maximum absolute atomic E-state index is 13.5. The Morgan fingerprint density at radius 3 is 2.60 bits per heavy atom. The molecular formula is C12H7Br2F3O3. The topological polar surface area (TPSA) is 46.5 Å². The van der Waals surface area contributed by atoms with E-state index in [1.807, 2.05) is 0 Å². The van der Waals surface area contributed by atoms with E-state index >= 15 is 0 Å². The number of benzene rings is 1. The van der Waals surface area contributed by atoms with E-state index in [0.29, 0.717) is 14.5 Å². The van der Waals surface area contributed by atoms with Crippen LogP contribution in [0.5, 0.6) is 5.75 Å². The van der Waals surface area contributed by atoms with Gasteiger partial charge in [0, 0.05) is 10.0 Å². The number of rotatable bonds is 3. The molecule has 0 aliphatic carbocycles. The average molecular weight is 416 g/mol. The minimum absolute atomic E-state index is 0.0522. The van der Waals surface area contributed by atoms with Crippen molar-refractivity contribution in [1.82, 2.24) is 0 Å². The molecule has 108 valence electrons. The van der Waals surface area contributed by atoms with E-state index in [4.69, 9.17) is 9.84 Å². The Balaban J connectivity index is 2.59. The van der Waals surface area contributed by atoms with Crippen LogP contribution >= 0.6 is 31.9 Å². The molecule has 20 heavy (non-hydrogen) atoms. The highest BCUT2D eigenvalue weighted by molar-refractivity contribution is 9.11. The van der Waals surface area contributed by atoms with E-state index in [1.54, 1.807) is 6.07 Å². The molecular weight excluding hydrogens is 409 g/mol. The first kappa shape index (κ1) is 15.4. The molecule has 0 radical (unpaired) electrons. The van der Waals surface area contributed by atoms with E-state index < -0.39 is 30.2 Å². The summed E-state index contributed by atoms with van der Waals surface area (Å²) in [5, 5.41) is 9.00. The van der Waals surface area contributed by atoms with Crippen LogP contribution in [-0.2, 0) is 4.79 Å². The van der Waals surface area contributed by atoms with Crippen molar-refractivity contribution in [3.8, 4) is 5.75 Å². The third-order valence-corrected chi connectivity index (χ3v) is 3.72. The molecule has 0 spiro atoms. The van der Waals surface area contributed by atoms with Gasteiger partial charge in [-0.1, -0.05) is 15.9 Å². The fraction of sp³-hybridized carbons (Fsp3) is 0.250. The summed E-state index contributed by atoms with van der Waals surface area (Å²) in [4.78, 5) is 11.1. The number of alkyl halides is 3. The van der Waals surface area contributed by atoms with Gasteiger partial charge >= 0.3 is 11.9 Å². The molecule has 1 heterocycles. The number of aliphatic carboxylic acids is 1. The fourth-order valence-corrected chi connectivity index (χ4v) is 3.15. The van der Waals surface area contributed by atoms with Crippen LogP contribution in [0.25, 0.3) is 6.08 Å². The lowest BCUT2D eigenvalue weighted by atomic mass is 9.98. The molecule has 0 saturated carbocycles. The van der Waals surface area contributed by atoms with Gasteiger partial charge in [-0.15, -0.1) is 0 Å². The maximum Gasteiger partial charge on any atom is 0.335 e. The number of hydrogen-bond donors (Lipinski definition) is 1. The minimum Gasteiger partial charge on any atom is -0.478 e. The number of hydrogen-bond acceptors (Lipinski definition) is 2. The fourth-order valence-electron chi connectivity index (χ4n) is 1.79. The highest BCUT2D eigenvalue weighted by Crippen LogP contribution is 2.42. The second-order valence-electron chi connectivity index (χ2n) is 4.10. The summed E-state index contributed by atoms with van der Waals surface area (Å²) in [6.07, 6.45) is -1.11. The Bertz CT molecular complexity index is 602. The average Bonchev–Trinajstić information content (AvgIpc) is 2.37. The van der Waals surface area contributed by atoms with Crippen LogP contribution in [0.15, 0.2) is 26.7 Å². The summed E-state index contributed by atoms with van der Waals surface area (Å²) < 4.78 is 45.5. The molecule has 1 atom stereocenters. The monoisotopic (exact) mass is 414 g/mol. The Labute approximate surface area is 128 Å².